The Kier molecular flexibility index (Phi) is 3.54. The minimum absolute atomic E-state index is 0.0125. The fourth-order valence-corrected chi connectivity index (χ4v) is 3.47. The molecule has 4 heteroatoms. The van der Waals surface area contributed by atoms with Crippen LogP contribution in [0.25, 0.3) is 22.6 Å². The van der Waals surface area contributed by atoms with Crippen molar-refractivity contribution in [3.63, 3.8) is 0 Å². The molecule has 1 aliphatic rings. The Hall–Kier alpha value is -2.39. The molecule has 0 spiro atoms. The summed E-state index contributed by atoms with van der Waals surface area (Å²) in [6.07, 6.45) is 2.97. The molecule has 0 N–H and O–H groups in total. The highest BCUT2D eigenvalue weighted by atomic mass is 35.5. The molecule has 0 saturated carbocycles. The van der Waals surface area contributed by atoms with Gasteiger partial charge in [0.15, 0.2) is 0 Å². The summed E-state index contributed by atoms with van der Waals surface area (Å²) >= 11 is 6.02. The molecule has 0 amide bonds. The molecular formula is C20H17ClN2O. The average molecular weight is 337 g/mol. The van der Waals surface area contributed by atoms with Crippen LogP contribution < -0.4 is 5.56 Å². The van der Waals surface area contributed by atoms with Gasteiger partial charge in [-0.3, -0.25) is 9.36 Å². The number of rotatable bonds is 1. The smallest absolute Gasteiger partial charge is 0.261 e. The molecule has 2 heterocycles. The van der Waals surface area contributed by atoms with Gasteiger partial charge in [-0.1, -0.05) is 35.4 Å². The number of hydrogen-bond donors (Lipinski definition) is 0. The fourth-order valence-electron chi connectivity index (χ4n) is 3.30. The van der Waals surface area contributed by atoms with E-state index in [0.29, 0.717) is 22.5 Å². The Balaban J connectivity index is 1.90. The molecule has 0 saturated heterocycles. The third-order valence-electron chi connectivity index (χ3n) is 4.56. The third-order valence-corrected chi connectivity index (χ3v) is 4.80. The van der Waals surface area contributed by atoms with Crippen molar-refractivity contribution in [1.82, 2.24) is 9.55 Å². The van der Waals surface area contributed by atoms with E-state index in [0.717, 1.165) is 17.8 Å². The molecule has 3 nitrogen and oxygen atoms in total. The highest BCUT2D eigenvalue weighted by Gasteiger charge is 2.21. The summed E-state index contributed by atoms with van der Waals surface area (Å²) in [6, 6.07) is 11.7. The second-order valence-corrected chi connectivity index (χ2v) is 6.77. The molecular weight excluding hydrogens is 320 g/mol. The fraction of sp³-hybridized carbons (Fsp3) is 0.200. The van der Waals surface area contributed by atoms with Crippen LogP contribution in [0, 0.1) is 13.8 Å². The van der Waals surface area contributed by atoms with Crippen LogP contribution in [0.2, 0.25) is 5.02 Å². The first-order valence-corrected chi connectivity index (χ1v) is 8.39. The molecule has 1 aromatic heterocycles. The molecule has 0 unspecified atom stereocenters. The van der Waals surface area contributed by atoms with Crippen molar-refractivity contribution in [3.8, 4) is 0 Å². The maximum absolute atomic E-state index is 12.7. The highest BCUT2D eigenvalue weighted by molar-refractivity contribution is 6.31. The van der Waals surface area contributed by atoms with E-state index in [2.05, 4.69) is 38.1 Å². The van der Waals surface area contributed by atoms with Gasteiger partial charge in [0.25, 0.3) is 5.56 Å². The molecule has 120 valence electrons. The lowest BCUT2D eigenvalue weighted by Gasteiger charge is -2.07. The van der Waals surface area contributed by atoms with Gasteiger partial charge >= 0.3 is 0 Å². The van der Waals surface area contributed by atoms with Gasteiger partial charge in [-0.25, -0.2) is 4.98 Å². The van der Waals surface area contributed by atoms with E-state index in [1.165, 1.54) is 16.7 Å². The number of halogens is 1. The van der Waals surface area contributed by atoms with Crippen LogP contribution >= 0.6 is 11.6 Å². The molecule has 24 heavy (non-hydrogen) atoms. The first kappa shape index (κ1) is 15.2. The van der Waals surface area contributed by atoms with Crippen molar-refractivity contribution >= 4 is 34.2 Å². The van der Waals surface area contributed by atoms with Gasteiger partial charge in [0.05, 0.1) is 10.9 Å². The summed E-state index contributed by atoms with van der Waals surface area (Å²) in [5.41, 5.74) is 5.45. The minimum Gasteiger partial charge on any atom is -0.292 e. The normalized spacial score (nSPS) is 15.2. The van der Waals surface area contributed by atoms with Gasteiger partial charge in [-0.05, 0) is 61.2 Å². The van der Waals surface area contributed by atoms with Crippen LogP contribution in [0.3, 0.4) is 0 Å². The van der Waals surface area contributed by atoms with E-state index >= 15 is 0 Å². The van der Waals surface area contributed by atoms with E-state index in [1.54, 1.807) is 16.7 Å². The van der Waals surface area contributed by atoms with Crippen molar-refractivity contribution < 1.29 is 0 Å². The lowest BCUT2D eigenvalue weighted by molar-refractivity contribution is 0.725. The number of fused-ring (bicyclic) bond motifs is 2. The molecule has 0 atom stereocenters. The largest absolute Gasteiger partial charge is 0.292 e. The zero-order chi connectivity index (χ0) is 16.8. The van der Waals surface area contributed by atoms with Crippen molar-refractivity contribution in [2.24, 2.45) is 0 Å². The summed E-state index contributed by atoms with van der Waals surface area (Å²) < 4.78 is 1.76. The van der Waals surface area contributed by atoms with E-state index in [4.69, 9.17) is 16.6 Å². The second kappa shape index (κ2) is 5.60. The highest BCUT2D eigenvalue weighted by Crippen LogP contribution is 2.29. The minimum atomic E-state index is -0.0125. The third kappa shape index (κ3) is 2.45. The Morgan fingerprint density at radius 3 is 2.79 bits per heavy atom. The van der Waals surface area contributed by atoms with Gasteiger partial charge in [-0.2, -0.15) is 0 Å². The van der Waals surface area contributed by atoms with Crippen molar-refractivity contribution in [1.29, 1.82) is 0 Å². The van der Waals surface area contributed by atoms with Gasteiger partial charge in [0.1, 0.15) is 5.82 Å². The van der Waals surface area contributed by atoms with Gasteiger partial charge in [0, 0.05) is 11.6 Å². The zero-order valence-electron chi connectivity index (χ0n) is 13.6. The number of allylic oxidation sites excluding steroid dienone is 1. The summed E-state index contributed by atoms with van der Waals surface area (Å²) in [5.74, 6) is 0.773. The summed E-state index contributed by atoms with van der Waals surface area (Å²) in [5, 5.41) is 1.14. The molecule has 0 bridgehead atoms. The molecule has 2 aromatic carbocycles. The Morgan fingerprint density at radius 2 is 2.00 bits per heavy atom. The molecule has 3 aromatic rings. The number of nitrogens with zero attached hydrogens (tertiary/aromatic N) is 2. The van der Waals surface area contributed by atoms with Crippen LogP contribution in [-0.4, -0.2) is 9.55 Å². The van der Waals surface area contributed by atoms with Crippen LogP contribution in [-0.2, 0) is 6.54 Å². The molecule has 1 aliphatic heterocycles. The van der Waals surface area contributed by atoms with Gasteiger partial charge in [-0.15, -0.1) is 0 Å². The van der Waals surface area contributed by atoms with Crippen molar-refractivity contribution in [2.75, 3.05) is 0 Å². The first-order valence-electron chi connectivity index (χ1n) is 8.01. The Morgan fingerprint density at radius 1 is 1.17 bits per heavy atom. The first-order chi connectivity index (χ1) is 11.5. The summed E-state index contributed by atoms with van der Waals surface area (Å²) in [6.45, 7) is 4.87. The predicted octanol–water partition coefficient (Wildman–Crippen LogP) is 4.61. The van der Waals surface area contributed by atoms with Gasteiger partial charge < -0.3 is 0 Å². The standard InChI is InChI=1S/C20H17ClN2O/c1-12-3-4-14(13(2)9-12)10-15-7-8-23-19(15)22-18-6-5-16(21)11-17(18)20(23)24/h3-6,9-11H,7-8H2,1-2H3. The Bertz CT molecular complexity index is 1060. The van der Waals surface area contributed by atoms with Crippen molar-refractivity contribution in [3.05, 3.63) is 74.3 Å². The molecule has 0 radical (unpaired) electrons. The summed E-state index contributed by atoms with van der Waals surface area (Å²) in [7, 11) is 0. The second-order valence-electron chi connectivity index (χ2n) is 6.33. The maximum Gasteiger partial charge on any atom is 0.261 e. The van der Waals surface area contributed by atoms with E-state index in [1.807, 2.05) is 6.07 Å². The van der Waals surface area contributed by atoms with E-state index < -0.39 is 0 Å². The van der Waals surface area contributed by atoms with Crippen LogP contribution in [0.15, 0.2) is 41.2 Å². The number of hydrogen-bond acceptors (Lipinski definition) is 2. The average Bonchev–Trinajstić information content (AvgIpc) is 2.94. The quantitative estimate of drug-likeness (QED) is 0.650. The molecule has 4 rings (SSSR count). The lowest BCUT2D eigenvalue weighted by atomic mass is 10.0. The molecule has 0 aliphatic carbocycles. The van der Waals surface area contributed by atoms with Crippen LogP contribution in [0.1, 0.15) is 28.9 Å². The van der Waals surface area contributed by atoms with Crippen LogP contribution in [0.5, 0.6) is 0 Å². The lowest BCUT2D eigenvalue weighted by Crippen LogP contribution is -2.20. The van der Waals surface area contributed by atoms with E-state index in [-0.39, 0.29) is 5.56 Å². The summed E-state index contributed by atoms with van der Waals surface area (Å²) in [4.78, 5) is 17.4. The van der Waals surface area contributed by atoms with E-state index in [9.17, 15) is 4.79 Å². The number of benzene rings is 2. The van der Waals surface area contributed by atoms with Crippen molar-refractivity contribution in [2.45, 2.75) is 26.8 Å². The molecule has 0 fully saturated rings. The SMILES string of the molecule is Cc1ccc(C=C2CCn3c2nc2ccc(Cl)cc2c3=O)c(C)c1. The Labute approximate surface area is 145 Å². The zero-order valence-corrected chi connectivity index (χ0v) is 14.4. The predicted molar refractivity (Wildman–Crippen MR) is 99.4 cm³/mol. The monoisotopic (exact) mass is 336 g/mol. The number of aromatic nitrogens is 2. The topological polar surface area (TPSA) is 34.9 Å². The van der Waals surface area contributed by atoms with Crippen LogP contribution in [0.4, 0.5) is 0 Å². The maximum atomic E-state index is 12.7. The van der Waals surface area contributed by atoms with Gasteiger partial charge in [0.2, 0.25) is 0 Å². The number of aryl methyl sites for hydroxylation is 2.